The van der Waals surface area contributed by atoms with Gasteiger partial charge in [-0.1, -0.05) is 32.9 Å². The van der Waals surface area contributed by atoms with E-state index in [4.69, 9.17) is 0 Å². The highest BCUT2D eigenvalue weighted by molar-refractivity contribution is 5.34. The van der Waals surface area contributed by atoms with Crippen molar-refractivity contribution in [3.8, 4) is 0 Å². The minimum Gasteiger partial charge on any atom is -0.278 e. The van der Waals surface area contributed by atoms with Crippen LogP contribution in [0.5, 0.6) is 0 Å². The molecule has 0 fully saturated rings. The van der Waals surface area contributed by atoms with Crippen LogP contribution in [0.15, 0.2) is 6.20 Å². The Kier molecular flexibility index (Phi) is 2.44. The highest BCUT2D eigenvalue weighted by atomic mass is 15.1. The number of nitrogens with one attached hydrogen (secondary N) is 1. The van der Waals surface area contributed by atoms with E-state index in [9.17, 15) is 0 Å². The second-order valence-electron chi connectivity index (χ2n) is 4.64. The van der Waals surface area contributed by atoms with Gasteiger partial charge in [0.1, 0.15) is 0 Å². The van der Waals surface area contributed by atoms with Gasteiger partial charge >= 0.3 is 0 Å². The summed E-state index contributed by atoms with van der Waals surface area (Å²) in [4.78, 5) is 0. The van der Waals surface area contributed by atoms with Gasteiger partial charge in [0.15, 0.2) is 0 Å². The third kappa shape index (κ3) is 1.61. The quantitative estimate of drug-likeness (QED) is 0.710. The Balaban J connectivity index is 2.50. The van der Waals surface area contributed by atoms with Gasteiger partial charge in [-0.05, 0) is 24.2 Å². The van der Waals surface area contributed by atoms with Gasteiger partial charge in [0.2, 0.25) is 0 Å². The number of nitrogens with zero attached hydrogens (tertiary/aromatic N) is 1. The molecule has 0 saturated heterocycles. The Labute approximate surface area is 84.7 Å². The van der Waals surface area contributed by atoms with Crippen LogP contribution in [0.3, 0.4) is 0 Å². The summed E-state index contributed by atoms with van der Waals surface area (Å²) in [7, 11) is 0. The van der Waals surface area contributed by atoms with Gasteiger partial charge in [-0.15, -0.1) is 0 Å². The monoisotopic (exact) mass is 190 g/mol. The molecule has 0 aromatic carbocycles. The molecule has 0 spiro atoms. The molecule has 76 valence electrons. The summed E-state index contributed by atoms with van der Waals surface area (Å²) in [6.07, 6.45) is 7.72. The van der Waals surface area contributed by atoms with Crippen molar-refractivity contribution in [2.45, 2.75) is 27.2 Å². The average Bonchev–Trinajstić information content (AvgIpc) is 2.51. The van der Waals surface area contributed by atoms with Crippen LogP contribution >= 0.6 is 0 Å². The van der Waals surface area contributed by atoms with E-state index in [2.05, 4.69) is 43.1 Å². The van der Waals surface area contributed by atoms with Crippen molar-refractivity contribution in [1.29, 1.82) is 0 Å². The minimum absolute atomic E-state index is 0.671. The second kappa shape index (κ2) is 3.60. The van der Waals surface area contributed by atoms with Crippen LogP contribution in [-0.2, 0) is 0 Å². The molecule has 1 heterocycles. The van der Waals surface area contributed by atoms with Crippen LogP contribution < -0.4 is 10.6 Å². The van der Waals surface area contributed by atoms with Crippen LogP contribution in [0.4, 0.5) is 0 Å². The van der Waals surface area contributed by atoms with Crippen LogP contribution in [-0.4, -0.2) is 10.2 Å². The largest absolute Gasteiger partial charge is 0.278 e. The van der Waals surface area contributed by atoms with E-state index < -0.39 is 0 Å². The molecule has 2 rings (SSSR count). The van der Waals surface area contributed by atoms with Crippen molar-refractivity contribution in [2.24, 2.45) is 17.8 Å². The smallest absolute Gasteiger partial charge is 0.0607 e. The lowest BCUT2D eigenvalue weighted by Crippen LogP contribution is -2.23. The lowest BCUT2D eigenvalue weighted by atomic mass is 9.83. The SMILES string of the molecule is CC(C)C1C=c2cn[nH]c2=CCC1C. The van der Waals surface area contributed by atoms with Crippen LogP contribution in [0.25, 0.3) is 12.2 Å². The van der Waals surface area contributed by atoms with Gasteiger partial charge in [0.05, 0.1) is 11.5 Å². The normalized spacial score (nSPS) is 26.3. The summed E-state index contributed by atoms with van der Waals surface area (Å²) in [5.74, 6) is 2.11. The highest BCUT2D eigenvalue weighted by Gasteiger charge is 2.19. The molecule has 0 bridgehead atoms. The van der Waals surface area contributed by atoms with Gasteiger partial charge in [0.25, 0.3) is 0 Å². The topological polar surface area (TPSA) is 28.7 Å². The maximum atomic E-state index is 4.08. The number of hydrogen-bond acceptors (Lipinski definition) is 1. The Hall–Kier alpha value is -1.05. The Morgan fingerprint density at radius 3 is 3.00 bits per heavy atom. The molecule has 2 nitrogen and oxygen atoms in total. The van der Waals surface area contributed by atoms with E-state index in [0.717, 1.165) is 12.3 Å². The maximum absolute atomic E-state index is 4.08. The average molecular weight is 190 g/mol. The van der Waals surface area contributed by atoms with E-state index in [1.807, 2.05) is 6.20 Å². The van der Waals surface area contributed by atoms with Crippen molar-refractivity contribution in [2.75, 3.05) is 0 Å². The highest BCUT2D eigenvalue weighted by Crippen LogP contribution is 2.25. The third-order valence-electron chi connectivity index (χ3n) is 3.19. The van der Waals surface area contributed by atoms with Crippen molar-refractivity contribution in [1.82, 2.24) is 10.2 Å². The van der Waals surface area contributed by atoms with Crippen molar-refractivity contribution in [3.05, 3.63) is 16.8 Å². The zero-order valence-corrected chi connectivity index (χ0v) is 9.12. The van der Waals surface area contributed by atoms with Gasteiger partial charge in [-0.2, -0.15) is 5.10 Å². The summed E-state index contributed by atoms with van der Waals surface area (Å²) in [6, 6.07) is 0. The molecule has 1 N–H and O–H groups in total. The van der Waals surface area contributed by atoms with E-state index >= 15 is 0 Å². The van der Waals surface area contributed by atoms with Crippen molar-refractivity contribution in [3.63, 3.8) is 0 Å². The number of fused-ring (bicyclic) bond motifs is 1. The number of H-pyrrole nitrogens is 1. The van der Waals surface area contributed by atoms with Gasteiger partial charge in [0, 0.05) is 5.22 Å². The number of aromatic amines is 1. The van der Waals surface area contributed by atoms with Crippen LogP contribution in [0, 0.1) is 17.8 Å². The fourth-order valence-corrected chi connectivity index (χ4v) is 2.28. The molecule has 14 heavy (non-hydrogen) atoms. The first kappa shape index (κ1) is 9.50. The molecule has 0 radical (unpaired) electrons. The molecule has 1 aliphatic rings. The van der Waals surface area contributed by atoms with E-state index in [1.165, 1.54) is 10.6 Å². The molecule has 1 aromatic rings. The molecule has 2 heteroatoms. The first-order valence-electron chi connectivity index (χ1n) is 5.40. The van der Waals surface area contributed by atoms with Crippen molar-refractivity contribution >= 4 is 12.2 Å². The molecule has 2 atom stereocenters. The summed E-state index contributed by atoms with van der Waals surface area (Å²) in [6.45, 7) is 6.92. The summed E-state index contributed by atoms with van der Waals surface area (Å²) < 4.78 is 0. The molecule has 1 aromatic heterocycles. The molecule has 1 aliphatic carbocycles. The van der Waals surface area contributed by atoms with Gasteiger partial charge in [-0.25, -0.2) is 0 Å². The summed E-state index contributed by atoms with van der Waals surface area (Å²) in [5, 5.41) is 9.58. The Bertz CT molecular complexity index is 414. The fourth-order valence-electron chi connectivity index (χ4n) is 2.28. The zero-order chi connectivity index (χ0) is 10.1. The zero-order valence-electron chi connectivity index (χ0n) is 9.12. The molecular weight excluding hydrogens is 172 g/mol. The van der Waals surface area contributed by atoms with Gasteiger partial charge < -0.3 is 0 Å². The summed E-state index contributed by atoms with van der Waals surface area (Å²) >= 11 is 0. The lowest BCUT2D eigenvalue weighted by molar-refractivity contribution is 0.361. The fraction of sp³-hybridized carbons (Fsp3) is 0.583. The Morgan fingerprint density at radius 1 is 1.50 bits per heavy atom. The molecule has 0 saturated carbocycles. The van der Waals surface area contributed by atoms with E-state index in [1.54, 1.807) is 0 Å². The van der Waals surface area contributed by atoms with Crippen LogP contribution in [0.1, 0.15) is 27.2 Å². The second-order valence-corrected chi connectivity index (χ2v) is 4.64. The van der Waals surface area contributed by atoms with Crippen LogP contribution in [0.2, 0.25) is 0 Å². The summed E-state index contributed by atoms with van der Waals surface area (Å²) in [5.41, 5.74) is 0. The third-order valence-corrected chi connectivity index (χ3v) is 3.19. The standard InChI is InChI=1S/C12H18N2/c1-8(2)11-6-10-7-13-14-12(10)5-4-9(11)3/h5-9,11,14H,4H2,1-3H3. The predicted octanol–water partition coefficient (Wildman–Crippen LogP) is 1.28. The molecule has 0 amide bonds. The molecule has 0 aliphatic heterocycles. The molecular formula is C12H18N2. The van der Waals surface area contributed by atoms with E-state index in [0.29, 0.717) is 11.8 Å². The first-order chi connectivity index (χ1) is 6.68. The Morgan fingerprint density at radius 2 is 2.29 bits per heavy atom. The minimum atomic E-state index is 0.671. The lowest BCUT2D eigenvalue weighted by Gasteiger charge is -2.22. The first-order valence-corrected chi connectivity index (χ1v) is 5.40. The number of hydrogen-bond donors (Lipinski definition) is 1. The number of aromatic nitrogens is 2. The number of rotatable bonds is 1. The predicted molar refractivity (Wildman–Crippen MR) is 58.9 cm³/mol. The van der Waals surface area contributed by atoms with E-state index in [-0.39, 0.29) is 0 Å². The van der Waals surface area contributed by atoms with Gasteiger partial charge in [-0.3, -0.25) is 5.10 Å². The maximum Gasteiger partial charge on any atom is 0.0607 e. The van der Waals surface area contributed by atoms with Crippen molar-refractivity contribution < 1.29 is 0 Å². The molecule has 2 unspecified atom stereocenters.